The van der Waals surface area contributed by atoms with Crippen LogP contribution in [-0.2, 0) is 0 Å². The van der Waals surface area contributed by atoms with E-state index in [0.29, 0.717) is 29.1 Å². The van der Waals surface area contributed by atoms with Crippen LogP contribution in [0.5, 0.6) is 5.75 Å². The van der Waals surface area contributed by atoms with Gasteiger partial charge < -0.3 is 21.1 Å². The molecule has 2 heterocycles. The molecule has 4 aromatic rings. The van der Waals surface area contributed by atoms with Crippen LogP contribution >= 0.6 is 0 Å². The van der Waals surface area contributed by atoms with Gasteiger partial charge in [0.1, 0.15) is 0 Å². The Morgan fingerprint density at radius 2 is 1.89 bits per heavy atom. The number of rotatable bonds is 9. The molecular weight excluding hydrogens is 504 g/mol. The Labute approximate surface area is 215 Å². The maximum Gasteiger partial charge on any atom is 0.390 e. The van der Waals surface area contributed by atoms with Crippen molar-refractivity contribution in [1.29, 1.82) is 0 Å². The molecule has 0 spiro atoms. The Morgan fingerprint density at radius 3 is 2.58 bits per heavy atom. The highest BCUT2D eigenvalue weighted by atomic mass is 19.4. The van der Waals surface area contributed by atoms with Crippen LogP contribution in [-0.4, -0.2) is 44.9 Å². The second-order valence-corrected chi connectivity index (χ2v) is 8.69. The van der Waals surface area contributed by atoms with Crippen molar-refractivity contribution in [3.05, 3.63) is 65.6 Å². The largest absolute Gasteiger partial charge is 0.505 e. The lowest BCUT2D eigenvalue weighted by atomic mass is 10.0. The van der Waals surface area contributed by atoms with Crippen LogP contribution < -0.4 is 16.0 Å². The molecule has 200 valence electrons. The number of alkyl halides is 3. The topological polar surface area (TPSA) is 104 Å². The fourth-order valence-electron chi connectivity index (χ4n) is 3.85. The van der Waals surface area contributed by atoms with E-state index in [0.717, 1.165) is 18.1 Å². The summed E-state index contributed by atoms with van der Waals surface area (Å²) >= 11 is 0. The van der Waals surface area contributed by atoms with Gasteiger partial charge in [0.2, 0.25) is 0 Å². The normalized spacial score (nSPS) is 11.5. The van der Waals surface area contributed by atoms with Crippen molar-refractivity contribution in [2.24, 2.45) is 0 Å². The van der Waals surface area contributed by atoms with E-state index in [1.54, 1.807) is 25.1 Å². The summed E-state index contributed by atoms with van der Waals surface area (Å²) < 4.78 is 53.2. The number of carbonyl (C=O) groups excluding carboxylic acids is 1. The molecule has 2 aromatic carbocycles. The predicted octanol–water partition coefficient (Wildman–Crippen LogP) is 5.80. The van der Waals surface area contributed by atoms with Crippen LogP contribution in [0.15, 0.2) is 48.7 Å². The second-order valence-electron chi connectivity index (χ2n) is 8.69. The maximum atomic E-state index is 13.5. The molecule has 8 nitrogen and oxygen atoms in total. The van der Waals surface area contributed by atoms with Gasteiger partial charge in [-0.2, -0.15) is 13.2 Å². The number of aromatic nitrogens is 3. The van der Waals surface area contributed by atoms with E-state index >= 15 is 0 Å². The lowest BCUT2D eigenvalue weighted by molar-refractivity contribution is -0.131. The monoisotopic (exact) mass is 530 g/mol. The summed E-state index contributed by atoms with van der Waals surface area (Å²) in [5.41, 5.74) is 3.37. The third-order valence-electron chi connectivity index (χ3n) is 5.71. The van der Waals surface area contributed by atoms with Gasteiger partial charge in [-0.25, -0.2) is 13.9 Å². The molecule has 0 aliphatic rings. The minimum absolute atomic E-state index is 0.183. The van der Waals surface area contributed by atoms with Gasteiger partial charge in [-0.3, -0.25) is 4.79 Å². The number of benzene rings is 2. The van der Waals surface area contributed by atoms with E-state index in [2.05, 4.69) is 26.0 Å². The number of halogens is 4. The number of hydrogen-bond acceptors (Lipinski definition) is 6. The second kappa shape index (κ2) is 11.0. The van der Waals surface area contributed by atoms with Crippen LogP contribution in [0, 0.1) is 12.7 Å². The first-order chi connectivity index (χ1) is 18.1. The molecule has 4 N–H and O–H groups in total. The number of imidazole rings is 1. The van der Waals surface area contributed by atoms with Gasteiger partial charge in [0.05, 0.1) is 24.0 Å². The fraction of sp³-hybridized carbons (Fsp3) is 0.269. The summed E-state index contributed by atoms with van der Waals surface area (Å²) in [7, 11) is 0. The Bertz CT molecular complexity index is 1470. The number of anilines is 3. The highest BCUT2D eigenvalue weighted by molar-refractivity contribution is 5.96. The first-order valence-electron chi connectivity index (χ1n) is 11.9. The lowest BCUT2D eigenvalue weighted by Gasteiger charge is -2.14. The average molecular weight is 531 g/mol. The van der Waals surface area contributed by atoms with E-state index < -0.39 is 24.2 Å². The van der Waals surface area contributed by atoms with Crippen LogP contribution in [0.2, 0.25) is 0 Å². The van der Waals surface area contributed by atoms with E-state index in [1.807, 2.05) is 6.92 Å². The van der Waals surface area contributed by atoms with Crippen molar-refractivity contribution < 1.29 is 27.5 Å². The smallest absolute Gasteiger partial charge is 0.390 e. The van der Waals surface area contributed by atoms with Gasteiger partial charge in [0, 0.05) is 42.0 Å². The van der Waals surface area contributed by atoms with E-state index in [1.165, 1.54) is 28.9 Å². The number of aromatic hydroxyl groups is 1. The van der Waals surface area contributed by atoms with Crippen LogP contribution in [0.3, 0.4) is 0 Å². The van der Waals surface area contributed by atoms with Gasteiger partial charge in [-0.05, 0) is 43.2 Å². The van der Waals surface area contributed by atoms with Crippen molar-refractivity contribution in [2.45, 2.75) is 32.9 Å². The molecule has 38 heavy (non-hydrogen) atoms. The molecule has 0 saturated heterocycles. The van der Waals surface area contributed by atoms with Crippen molar-refractivity contribution >= 4 is 28.7 Å². The molecule has 0 saturated carbocycles. The lowest BCUT2D eigenvalue weighted by Crippen LogP contribution is -2.24. The molecule has 4 rings (SSSR count). The van der Waals surface area contributed by atoms with Crippen molar-refractivity contribution in [2.75, 3.05) is 23.7 Å². The minimum Gasteiger partial charge on any atom is -0.505 e. The van der Waals surface area contributed by atoms with E-state index in [-0.39, 0.29) is 29.6 Å². The quantitative estimate of drug-likeness (QED) is 0.204. The zero-order chi connectivity index (χ0) is 27.4. The third-order valence-corrected chi connectivity index (χ3v) is 5.71. The molecule has 0 bridgehead atoms. The summed E-state index contributed by atoms with van der Waals surface area (Å²) in [6.07, 6.45) is -3.04. The van der Waals surface area contributed by atoms with Crippen molar-refractivity contribution in [3.8, 4) is 17.0 Å². The highest BCUT2D eigenvalue weighted by Crippen LogP contribution is 2.30. The molecule has 0 aliphatic heterocycles. The Hall–Kier alpha value is -4.35. The number of phenolic OH excluding ortho intramolecular Hbond substituents is 1. The Balaban J connectivity index is 1.73. The zero-order valence-corrected chi connectivity index (χ0v) is 20.7. The van der Waals surface area contributed by atoms with Crippen LogP contribution in [0.1, 0.15) is 35.7 Å². The molecule has 0 unspecified atom stereocenters. The number of phenols is 1. The molecular formula is C26H26F4N6O2. The van der Waals surface area contributed by atoms with Gasteiger partial charge in [0.15, 0.2) is 23.0 Å². The SMILES string of the molecule is CCCNC(=O)c1ccc(-c2cnc3c(NCCC(F)(F)F)cc(Nc4ccc(F)c(O)c4)nn23)cc1C. The molecule has 0 aliphatic carbocycles. The number of carbonyl (C=O) groups is 1. The van der Waals surface area contributed by atoms with Gasteiger partial charge in [-0.1, -0.05) is 13.0 Å². The summed E-state index contributed by atoms with van der Waals surface area (Å²) in [5, 5.41) is 22.8. The standard InChI is InChI=1S/C26H26F4N6O2/c1-3-9-32-25(38)18-6-4-16(11-15(18)2)21-14-33-24-20(31-10-8-26(28,29)30)13-23(35-36(21)24)34-17-5-7-19(27)22(37)12-17/h4-7,11-14,31,37H,3,8-10H2,1-2H3,(H,32,38)(H,34,35). The number of aryl methyl sites for hydroxylation is 1. The molecule has 0 fully saturated rings. The van der Waals surface area contributed by atoms with Gasteiger partial charge in [-0.15, -0.1) is 5.10 Å². The number of amides is 1. The number of fused-ring (bicyclic) bond motifs is 1. The Morgan fingerprint density at radius 1 is 1.11 bits per heavy atom. The van der Waals surface area contributed by atoms with E-state index in [4.69, 9.17) is 0 Å². The summed E-state index contributed by atoms with van der Waals surface area (Å²) in [5.74, 6) is -1.34. The van der Waals surface area contributed by atoms with Crippen LogP contribution in [0.25, 0.3) is 16.9 Å². The molecule has 0 atom stereocenters. The first kappa shape index (κ1) is 26.7. The first-order valence-corrected chi connectivity index (χ1v) is 11.9. The molecule has 0 radical (unpaired) electrons. The summed E-state index contributed by atoms with van der Waals surface area (Å²) in [6, 6.07) is 10.4. The predicted molar refractivity (Wildman–Crippen MR) is 136 cm³/mol. The maximum absolute atomic E-state index is 13.5. The van der Waals surface area contributed by atoms with Gasteiger partial charge >= 0.3 is 6.18 Å². The van der Waals surface area contributed by atoms with Gasteiger partial charge in [0.25, 0.3) is 5.91 Å². The molecule has 12 heteroatoms. The summed E-state index contributed by atoms with van der Waals surface area (Å²) in [6.45, 7) is 3.94. The Kier molecular flexibility index (Phi) is 7.70. The molecule has 1 amide bonds. The third kappa shape index (κ3) is 6.13. The zero-order valence-electron chi connectivity index (χ0n) is 20.7. The van der Waals surface area contributed by atoms with E-state index in [9.17, 15) is 27.5 Å². The fourth-order valence-corrected chi connectivity index (χ4v) is 3.85. The highest BCUT2D eigenvalue weighted by Gasteiger charge is 2.26. The van der Waals surface area contributed by atoms with Crippen molar-refractivity contribution in [1.82, 2.24) is 19.9 Å². The van der Waals surface area contributed by atoms with Crippen LogP contribution in [0.4, 0.5) is 34.8 Å². The minimum atomic E-state index is -4.34. The number of hydrogen-bond donors (Lipinski definition) is 4. The number of nitrogens with one attached hydrogen (secondary N) is 3. The molecule has 2 aromatic heterocycles. The number of nitrogens with zero attached hydrogens (tertiary/aromatic N) is 3. The summed E-state index contributed by atoms with van der Waals surface area (Å²) in [4.78, 5) is 16.8. The van der Waals surface area contributed by atoms with Crippen molar-refractivity contribution in [3.63, 3.8) is 0 Å². The average Bonchev–Trinajstić information content (AvgIpc) is 3.28.